The molecule has 0 aliphatic rings. The molecule has 116 valence electrons. The van der Waals surface area contributed by atoms with Crippen molar-refractivity contribution in [2.75, 3.05) is 14.2 Å². The Kier molecular flexibility index (Phi) is 6.18. The average molecular weight is 298 g/mol. The van der Waals surface area contributed by atoms with Crippen LogP contribution >= 0.6 is 0 Å². The van der Waals surface area contributed by atoms with Crippen molar-refractivity contribution in [1.82, 2.24) is 20.2 Å². The minimum absolute atomic E-state index is 0.0393. The smallest absolute Gasteiger partial charge is 0.326 e. The van der Waals surface area contributed by atoms with Crippen molar-refractivity contribution >= 4 is 18.0 Å². The SMILES string of the molecule is COC(=O)CC[C@@H](NC(=O)N(C)Cc1ncc[nH]1)C(=O)O. The fourth-order valence-electron chi connectivity index (χ4n) is 1.56. The zero-order chi connectivity index (χ0) is 15.8. The first-order chi connectivity index (χ1) is 9.93. The van der Waals surface area contributed by atoms with Gasteiger partial charge in [-0.2, -0.15) is 0 Å². The molecule has 0 bridgehead atoms. The number of nitrogens with one attached hydrogen (secondary N) is 2. The Balaban J connectivity index is 2.51. The summed E-state index contributed by atoms with van der Waals surface area (Å²) in [5.74, 6) is -1.16. The maximum Gasteiger partial charge on any atom is 0.326 e. The van der Waals surface area contributed by atoms with E-state index < -0.39 is 24.0 Å². The summed E-state index contributed by atoms with van der Waals surface area (Å²) < 4.78 is 4.44. The number of aliphatic carboxylic acids is 1. The number of carboxylic acid groups (broad SMARTS) is 1. The number of imidazole rings is 1. The van der Waals surface area contributed by atoms with E-state index in [1.807, 2.05) is 0 Å². The standard InChI is InChI=1S/C12H18N4O5/c1-16(7-9-13-5-6-14-9)12(20)15-8(11(18)19)3-4-10(17)21-2/h5-6,8H,3-4,7H2,1-2H3,(H,13,14)(H,15,20)(H,18,19)/t8-/m1/s1. The van der Waals surface area contributed by atoms with Gasteiger partial charge in [-0.15, -0.1) is 0 Å². The Hall–Kier alpha value is -2.58. The van der Waals surface area contributed by atoms with Crippen LogP contribution in [0.15, 0.2) is 12.4 Å². The maximum absolute atomic E-state index is 11.9. The number of methoxy groups -OCH3 is 1. The number of rotatable bonds is 7. The average Bonchev–Trinajstić information content (AvgIpc) is 2.95. The largest absolute Gasteiger partial charge is 0.480 e. The number of carbonyl (C=O) groups excluding carboxylic acids is 2. The Labute approximate surface area is 121 Å². The summed E-state index contributed by atoms with van der Waals surface area (Å²) in [5, 5.41) is 11.4. The second-order valence-electron chi connectivity index (χ2n) is 4.35. The van der Waals surface area contributed by atoms with Crippen molar-refractivity contribution < 1.29 is 24.2 Å². The number of urea groups is 1. The molecule has 2 amide bonds. The number of hydrogen-bond acceptors (Lipinski definition) is 5. The zero-order valence-corrected chi connectivity index (χ0v) is 11.8. The van der Waals surface area contributed by atoms with E-state index in [1.54, 1.807) is 12.4 Å². The van der Waals surface area contributed by atoms with Crippen molar-refractivity contribution in [1.29, 1.82) is 0 Å². The monoisotopic (exact) mass is 298 g/mol. The zero-order valence-electron chi connectivity index (χ0n) is 11.8. The van der Waals surface area contributed by atoms with Gasteiger partial charge < -0.3 is 25.0 Å². The molecule has 1 aromatic rings. The fourth-order valence-corrected chi connectivity index (χ4v) is 1.56. The van der Waals surface area contributed by atoms with Crippen molar-refractivity contribution in [2.24, 2.45) is 0 Å². The Morgan fingerprint density at radius 1 is 1.52 bits per heavy atom. The van der Waals surface area contributed by atoms with Gasteiger partial charge in [0.05, 0.1) is 13.7 Å². The number of ether oxygens (including phenoxy) is 1. The lowest BCUT2D eigenvalue weighted by atomic mass is 10.1. The molecule has 1 atom stereocenters. The summed E-state index contributed by atoms with van der Waals surface area (Å²) in [7, 11) is 2.73. The van der Waals surface area contributed by atoms with Gasteiger partial charge in [0, 0.05) is 25.9 Å². The molecule has 9 nitrogen and oxygen atoms in total. The highest BCUT2D eigenvalue weighted by Gasteiger charge is 2.23. The summed E-state index contributed by atoms with van der Waals surface area (Å²) in [6.07, 6.45) is 3.05. The molecule has 1 heterocycles. The summed E-state index contributed by atoms with van der Waals surface area (Å²) in [5.41, 5.74) is 0. The van der Waals surface area contributed by atoms with Crippen molar-refractivity contribution in [3.05, 3.63) is 18.2 Å². The Morgan fingerprint density at radius 3 is 2.76 bits per heavy atom. The Morgan fingerprint density at radius 2 is 2.24 bits per heavy atom. The first kappa shape index (κ1) is 16.5. The molecule has 9 heteroatoms. The summed E-state index contributed by atoms with van der Waals surface area (Å²) in [6.45, 7) is 0.210. The molecule has 0 aliphatic heterocycles. The van der Waals surface area contributed by atoms with Gasteiger partial charge in [0.15, 0.2) is 0 Å². The van der Waals surface area contributed by atoms with Crippen LogP contribution in [0.1, 0.15) is 18.7 Å². The number of aromatic nitrogens is 2. The molecule has 0 aliphatic carbocycles. The van der Waals surface area contributed by atoms with Crippen LogP contribution in [-0.2, 0) is 20.9 Å². The van der Waals surface area contributed by atoms with Gasteiger partial charge in [-0.05, 0) is 6.42 Å². The summed E-state index contributed by atoms with van der Waals surface area (Å²) >= 11 is 0. The van der Waals surface area contributed by atoms with Crippen LogP contribution < -0.4 is 5.32 Å². The minimum atomic E-state index is -1.21. The van der Waals surface area contributed by atoms with E-state index in [-0.39, 0.29) is 19.4 Å². The molecular formula is C12H18N4O5. The van der Waals surface area contributed by atoms with E-state index >= 15 is 0 Å². The van der Waals surface area contributed by atoms with Crippen molar-refractivity contribution in [3.8, 4) is 0 Å². The lowest BCUT2D eigenvalue weighted by molar-refractivity contribution is -0.142. The third kappa shape index (κ3) is 5.51. The minimum Gasteiger partial charge on any atom is -0.480 e. The first-order valence-corrected chi connectivity index (χ1v) is 6.23. The highest BCUT2D eigenvalue weighted by Crippen LogP contribution is 2.02. The number of H-pyrrole nitrogens is 1. The second kappa shape index (κ2) is 7.88. The third-order valence-corrected chi connectivity index (χ3v) is 2.75. The van der Waals surface area contributed by atoms with Crippen molar-refractivity contribution in [3.63, 3.8) is 0 Å². The molecule has 0 fully saturated rings. The number of esters is 1. The number of carbonyl (C=O) groups is 3. The van der Waals surface area contributed by atoms with Crippen LogP contribution in [-0.4, -0.2) is 58.1 Å². The van der Waals surface area contributed by atoms with Crippen molar-refractivity contribution in [2.45, 2.75) is 25.4 Å². The van der Waals surface area contributed by atoms with Gasteiger partial charge in [-0.3, -0.25) is 4.79 Å². The molecule has 0 saturated carbocycles. The molecule has 0 spiro atoms. The lowest BCUT2D eigenvalue weighted by Crippen LogP contribution is -2.46. The van der Waals surface area contributed by atoms with Gasteiger partial charge in [0.1, 0.15) is 11.9 Å². The van der Waals surface area contributed by atoms with Crippen LogP contribution in [0.25, 0.3) is 0 Å². The number of nitrogens with zero attached hydrogens (tertiary/aromatic N) is 2. The molecule has 1 rings (SSSR count). The number of aromatic amines is 1. The van der Waals surface area contributed by atoms with Crippen LogP contribution in [0.5, 0.6) is 0 Å². The van der Waals surface area contributed by atoms with Gasteiger partial charge in [-0.1, -0.05) is 0 Å². The molecule has 21 heavy (non-hydrogen) atoms. The lowest BCUT2D eigenvalue weighted by Gasteiger charge is -2.20. The predicted octanol–water partition coefficient (Wildman–Crippen LogP) is -0.0425. The van der Waals surface area contributed by atoms with Crippen LogP contribution in [0, 0.1) is 0 Å². The molecule has 0 saturated heterocycles. The molecular weight excluding hydrogens is 280 g/mol. The molecule has 3 N–H and O–H groups in total. The number of carboxylic acids is 1. The summed E-state index contributed by atoms with van der Waals surface area (Å²) in [4.78, 5) is 42.1. The van der Waals surface area contributed by atoms with Gasteiger partial charge in [0.2, 0.25) is 0 Å². The number of hydrogen-bond donors (Lipinski definition) is 3. The highest BCUT2D eigenvalue weighted by molar-refractivity contribution is 5.83. The Bertz CT molecular complexity index is 488. The number of amides is 2. The molecule has 1 aromatic heterocycles. The topological polar surface area (TPSA) is 125 Å². The quantitative estimate of drug-likeness (QED) is 0.606. The van der Waals surface area contributed by atoms with E-state index in [0.29, 0.717) is 5.82 Å². The van der Waals surface area contributed by atoms with Crippen LogP contribution in [0.3, 0.4) is 0 Å². The first-order valence-electron chi connectivity index (χ1n) is 6.23. The van der Waals surface area contributed by atoms with Gasteiger partial charge in [-0.25, -0.2) is 14.6 Å². The van der Waals surface area contributed by atoms with E-state index in [9.17, 15) is 14.4 Å². The molecule has 0 radical (unpaired) electrons. The van der Waals surface area contributed by atoms with E-state index in [4.69, 9.17) is 5.11 Å². The van der Waals surface area contributed by atoms with E-state index in [0.717, 1.165) is 0 Å². The summed E-state index contributed by atoms with van der Waals surface area (Å²) in [6, 6.07) is -1.72. The van der Waals surface area contributed by atoms with E-state index in [1.165, 1.54) is 19.1 Å². The van der Waals surface area contributed by atoms with Gasteiger partial charge >= 0.3 is 18.0 Å². The van der Waals surface area contributed by atoms with E-state index in [2.05, 4.69) is 20.0 Å². The normalized spacial score (nSPS) is 11.5. The third-order valence-electron chi connectivity index (χ3n) is 2.75. The highest BCUT2D eigenvalue weighted by atomic mass is 16.5. The maximum atomic E-state index is 11.9. The molecule has 0 unspecified atom stereocenters. The fraction of sp³-hybridized carbons (Fsp3) is 0.500. The van der Waals surface area contributed by atoms with Crippen LogP contribution in [0.4, 0.5) is 4.79 Å². The van der Waals surface area contributed by atoms with Gasteiger partial charge in [0.25, 0.3) is 0 Å². The predicted molar refractivity (Wildman–Crippen MR) is 71.3 cm³/mol. The van der Waals surface area contributed by atoms with Crippen LogP contribution in [0.2, 0.25) is 0 Å². The second-order valence-corrected chi connectivity index (χ2v) is 4.35. The molecule has 0 aromatic carbocycles.